The van der Waals surface area contributed by atoms with Gasteiger partial charge in [-0.05, 0) is 42.4 Å². The maximum absolute atomic E-state index is 12.9. The van der Waals surface area contributed by atoms with Gasteiger partial charge in [-0.3, -0.25) is 0 Å². The van der Waals surface area contributed by atoms with Crippen molar-refractivity contribution < 1.29 is 4.39 Å². The zero-order valence-electron chi connectivity index (χ0n) is 7.06. The summed E-state index contributed by atoms with van der Waals surface area (Å²) in [5.41, 5.74) is 1.91. The molecule has 0 aromatic heterocycles. The fourth-order valence-electron chi connectivity index (χ4n) is 1.25. The molecule has 0 spiro atoms. The van der Waals surface area contributed by atoms with Crippen LogP contribution in [-0.4, -0.2) is 12.0 Å². The molecule has 0 nitrogen and oxygen atoms in total. The second-order valence-corrected chi connectivity index (χ2v) is 4.33. The smallest absolute Gasteiger partial charge is 0.154 e. The van der Waals surface area contributed by atoms with Crippen molar-refractivity contribution >= 4 is 30.4 Å². The second kappa shape index (κ2) is 4.44. The molecule has 0 heterocycles. The molecule has 0 saturated heterocycles. The Morgan fingerprint density at radius 1 is 1.75 bits per heavy atom. The Morgan fingerprint density at radius 3 is 3.00 bits per heavy atom. The molecule has 0 bridgehead atoms. The fourth-order valence-corrected chi connectivity index (χ4v) is 1.79. The van der Waals surface area contributed by atoms with Crippen molar-refractivity contribution in [3.05, 3.63) is 23.2 Å². The molecule has 1 rings (SSSR count). The molecule has 2 atom stereocenters. The molecule has 0 aliphatic heterocycles. The Labute approximate surface area is 87.9 Å². The first kappa shape index (κ1) is 10.3. The molecule has 1 aliphatic rings. The van der Waals surface area contributed by atoms with Crippen LogP contribution in [0, 0.1) is 5.92 Å². The summed E-state index contributed by atoms with van der Waals surface area (Å²) >= 11 is 1.82. The van der Waals surface area contributed by atoms with Crippen LogP contribution in [0.3, 0.4) is 0 Å². The SMILES string of the molecule is [B]C1=C(C)C=CCC(C(F)I)C1. The Morgan fingerprint density at radius 2 is 2.42 bits per heavy atom. The van der Waals surface area contributed by atoms with Gasteiger partial charge in [0.15, 0.2) is 4.18 Å². The van der Waals surface area contributed by atoms with E-state index in [1.807, 2.05) is 41.7 Å². The molecule has 3 heteroatoms. The molecular weight excluding hydrogens is 265 g/mol. The lowest BCUT2D eigenvalue weighted by molar-refractivity contribution is 0.344. The van der Waals surface area contributed by atoms with Crippen LogP contribution in [0.4, 0.5) is 4.39 Å². The summed E-state index contributed by atoms with van der Waals surface area (Å²) in [7, 11) is 5.76. The van der Waals surface area contributed by atoms with Gasteiger partial charge < -0.3 is 0 Å². The highest BCUT2D eigenvalue weighted by atomic mass is 127. The minimum atomic E-state index is -0.795. The molecule has 1 aliphatic carbocycles. The summed E-state index contributed by atoms with van der Waals surface area (Å²) in [6.07, 6.45) is 5.46. The van der Waals surface area contributed by atoms with Crippen LogP contribution in [0.1, 0.15) is 19.8 Å². The van der Waals surface area contributed by atoms with Gasteiger partial charge in [0, 0.05) is 5.92 Å². The monoisotopic (exact) mass is 276 g/mol. The zero-order chi connectivity index (χ0) is 9.14. The third-order valence-corrected chi connectivity index (χ3v) is 3.17. The number of allylic oxidation sites excluding steroid dienone is 4. The van der Waals surface area contributed by atoms with Gasteiger partial charge in [0.1, 0.15) is 7.85 Å². The molecule has 12 heavy (non-hydrogen) atoms. The van der Waals surface area contributed by atoms with Crippen molar-refractivity contribution in [2.75, 3.05) is 0 Å². The van der Waals surface area contributed by atoms with Crippen LogP contribution in [0.15, 0.2) is 23.2 Å². The highest BCUT2D eigenvalue weighted by Gasteiger charge is 2.18. The summed E-state index contributed by atoms with van der Waals surface area (Å²) in [6, 6.07) is 0. The number of halogens is 2. The normalized spacial score (nSPS) is 27.1. The van der Waals surface area contributed by atoms with E-state index in [9.17, 15) is 4.39 Å². The molecular formula is C9H11BFI. The lowest BCUT2D eigenvalue weighted by Gasteiger charge is -2.14. The van der Waals surface area contributed by atoms with Crippen LogP contribution in [-0.2, 0) is 0 Å². The van der Waals surface area contributed by atoms with Crippen molar-refractivity contribution in [3.63, 3.8) is 0 Å². The summed E-state index contributed by atoms with van der Waals surface area (Å²) in [5.74, 6) is 0.0549. The van der Waals surface area contributed by atoms with E-state index >= 15 is 0 Å². The summed E-state index contributed by atoms with van der Waals surface area (Å²) in [4.78, 5) is 0. The van der Waals surface area contributed by atoms with Crippen molar-refractivity contribution in [1.29, 1.82) is 0 Å². The standard InChI is InChI=1S/C9H11BFI/c1-6-3-2-4-7(9(11)12)5-8(6)10/h2-3,7,9H,4-5H2,1H3. The average Bonchev–Trinajstić information content (AvgIpc) is 2.15. The van der Waals surface area contributed by atoms with Gasteiger partial charge in [0.2, 0.25) is 0 Å². The molecule has 0 aromatic rings. The van der Waals surface area contributed by atoms with E-state index in [0.717, 1.165) is 17.5 Å². The number of rotatable bonds is 1. The van der Waals surface area contributed by atoms with Gasteiger partial charge in [-0.2, -0.15) is 0 Å². The van der Waals surface area contributed by atoms with E-state index in [-0.39, 0.29) is 5.92 Å². The van der Waals surface area contributed by atoms with Crippen LogP contribution < -0.4 is 0 Å². The molecule has 0 N–H and O–H groups in total. The van der Waals surface area contributed by atoms with Crippen molar-refractivity contribution in [1.82, 2.24) is 0 Å². The summed E-state index contributed by atoms with van der Waals surface area (Å²) < 4.78 is 12.1. The number of alkyl halides is 2. The van der Waals surface area contributed by atoms with Gasteiger partial charge in [-0.15, -0.1) is 5.47 Å². The van der Waals surface area contributed by atoms with E-state index in [2.05, 4.69) is 0 Å². The Hall–Kier alpha value is 0.205. The molecule has 64 valence electrons. The second-order valence-electron chi connectivity index (χ2n) is 3.14. The van der Waals surface area contributed by atoms with E-state index in [1.165, 1.54) is 0 Å². The van der Waals surface area contributed by atoms with Crippen LogP contribution in [0.5, 0.6) is 0 Å². The molecule has 2 radical (unpaired) electrons. The van der Waals surface area contributed by atoms with Crippen molar-refractivity contribution in [2.24, 2.45) is 5.92 Å². The quantitative estimate of drug-likeness (QED) is 0.392. The van der Waals surface area contributed by atoms with E-state index in [0.29, 0.717) is 6.42 Å². The van der Waals surface area contributed by atoms with Gasteiger partial charge in [0.25, 0.3) is 0 Å². The maximum Gasteiger partial charge on any atom is 0.154 e. The van der Waals surface area contributed by atoms with Gasteiger partial charge in [-0.25, -0.2) is 4.39 Å². The fraction of sp³-hybridized carbons (Fsp3) is 0.556. The molecule has 2 unspecified atom stereocenters. The van der Waals surface area contributed by atoms with Crippen molar-refractivity contribution in [3.8, 4) is 0 Å². The van der Waals surface area contributed by atoms with E-state index in [4.69, 9.17) is 7.85 Å². The number of hydrogen-bond donors (Lipinski definition) is 0. The molecule has 0 amide bonds. The summed E-state index contributed by atoms with van der Waals surface area (Å²) in [5, 5.41) is 0. The first-order valence-corrected chi connectivity index (χ1v) is 5.25. The largest absolute Gasteiger partial charge is 0.236 e. The highest BCUT2D eigenvalue weighted by Crippen LogP contribution is 2.28. The third kappa shape index (κ3) is 2.61. The topological polar surface area (TPSA) is 0 Å². The Balaban J connectivity index is 2.72. The van der Waals surface area contributed by atoms with E-state index in [1.54, 1.807) is 0 Å². The first-order valence-electron chi connectivity index (χ1n) is 4.01. The zero-order valence-corrected chi connectivity index (χ0v) is 9.21. The van der Waals surface area contributed by atoms with Crippen LogP contribution in [0.2, 0.25) is 0 Å². The van der Waals surface area contributed by atoms with Gasteiger partial charge in [-0.1, -0.05) is 17.7 Å². The molecule has 0 fully saturated rings. The first-order chi connectivity index (χ1) is 5.61. The minimum absolute atomic E-state index is 0.0549. The Kier molecular flexibility index (Phi) is 3.81. The number of hydrogen-bond acceptors (Lipinski definition) is 0. The van der Waals surface area contributed by atoms with Gasteiger partial charge >= 0.3 is 0 Å². The minimum Gasteiger partial charge on any atom is -0.236 e. The van der Waals surface area contributed by atoms with Gasteiger partial charge in [0.05, 0.1) is 0 Å². The molecule has 0 aromatic carbocycles. The predicted molar refractivity (Wildman–Crippen MR) is 59.2 cm³/mol. The molecule has 0 saturated carbocycles. The average molecular weight is 276 g/mol. The predicted octanol–water partition coefficient (Wildman–Crippen LogP) is 3.13. The lowest BCUT2D eigenvalue weighted by Crippen LogP contribution is -2.09. The maximum atomic E-state index is 12.9. The lowest BCUT2D eigenvalue weighted by atomic mass is 9.84. The van der Waals surface area contributed by atoms with Crippen molar-refractivity contribution in [2.45, 2.75) is 23.9 Å². The summed E-state index contributed by atoms with van der Waals surface area (Å²) in [6.45, 7) is 1.97. The third-order valence-electron chi connectivity index (χ3n) is 2.15. The highest BCUT2D eigenvalue weighted by molar-refractivity contribution is 14.1. The van der Waals surface area contributed by atoms with Crippen LogP contribution in [0.25, 0.3) is 0 Å². The van der Waals surface area contributed by atoms with Crippen LogP contribution >= 0.6 is 22.6 Å². The Bertz CT molecular complexity index is 221. The van der Waals surface area contributed by atoms with E-state index < -0.39 is 4.18 Å².